The van der Waals surface area contributed by atoms with Gasteiger partial charge in [0, 0.05) is 37.1 Å². The Morgan fingerprint density at radius 2 is 1.59 bits per heavy atom. The van der Waals surface area contributed by atoms with Crippen LogP contribution in [0.25, 0.3) is 22.4 Å². The average molecular weight is 457 g/mol. The number of methoxy groups -OCH3 is 1. The van der Waals surface area contributed by atoms with Gasteiger partial charge >= 0.3 is 0 Å². The highest BCUT2D eigenvalue weighted by Crippen LogP contribution is 2.30. The highest BCUT2D eigenvalue weighted by atomic mass is 16.5. The first-order valence-corrected chi connectivity index (χ1v) is 12.4. The van der Waals surface area contributed by atoms with Crippen LogP contribution in [0.4, 0.5) is 0 Å². The molecule has 1 amide bonds. The Morgan fingerprint density at radius 3 is 2.26 bits per heavy atom. The van der Waals surface area contributed by atoms with Crippen LogP contribution in [0, 0.1) is 0 Å². The van der Waals surface area contributed by atoms with Crippen LogP contribution in [0.2, 0.25) is 0 Å². The van der Waals surface area contributed by atoms with Crippen molar-refractivity contribution in [2.45, 2.75) is 58.3 Å². The van der Waals surface area contributed by atoms with Crippen molar-refractivity contribution in [2.75, 3.05) is 20.2 Å². The summed E-state index contributed by atoms with van der Waals surface area (Å²) in [5.41, 5.74) is 6.77. The Kier molecular flexibility index (Phi) is 7.35. The fourth-order valence-corrected chi connectivity index (χ4v) is 4.54. The molecule has 0 spiro atoms. The van der Waals surface area contributed by atoms with E-state index in [0.29, 0.717) is 13.0 Å². The SMILES string of the molecule is COc1ccc(-c2ccc(-c3ccc(C(C)(C)C)cc3)c(CCN3CCCCCC3=O)n2)cc1. The van der Waals surface area contributed by atoms with Crippen molar-refractivity contribution < 1.29 is 9.53 Å². The molecule has 178 valence electrons. The Balaban J connectivity index is 1.67. The van der Waals surface area contributed by atoms with Crippen LogP contribution < -0.4 is 4.74 Å². The predicted octanol–water partition coefficient (Wildman–Crippen LogP) is 6.67. The van der Waals surface area contributed by atoms with Gasteiger partial charge < -0.3 is 9.64 Å². The maximum absolute atomic E-state index is 12.6. The minimum Gasteiger partial charge on any atom is -0.497 e. The first kappa shape index (κ1) is 24.0. The average Bonchev–Trinajstić information content (AvgIpc) is 3.06. The van der Waals surface area contributed by atoms with Crippen molar-refractivity contribution in [2.24, 2.45) is 0 Å². The molecule has 4 nitrogen and oxygen atoms in total. The number of carbonyl (C=O) groups excluding carboxylic acids is 1. The first-order chi connectivity index (χ1) is 16.3. The van der Waals surface area contributed by atoms with Crippen LogP contribution in [0.3, 0.4) is 0 Å². The maximum atomic E-state index is 12.6. The maximum Gasteiger partial charge on any atom is 0.222 e. The summed E-state index contributed by atoms with van der Waals surface area (Å²) in [7, 11) is 1.68. The smallest absolute Gasteiger partial charge is 0.222 e. The van der Waals surface area contributed by atoms with Crippen molar-refractivity contribution in [3.05, 3.63) is 71.9 Å². The number of likely N-dealkylation sites (tertiary alicyclic amines) is 1. The molecule has 2 heterocycles. The number of rotatable bonds is 6. The lowest BCUT2D eigenvalue weighted by Gasteiger charge is -2.22. The molecule has 0 aliphatic carbocycles. The second kappa shape index (κ2) is 10.4. The predicted molar refractivity (Wildman–Crippen MR) is 139 cm³/mol. The highest BCUT2D eigenvalue weighted by molar-refractivity contribution is 5.76. The lowest BCUT2D eigenvalue weighted by atomic mass is 9.86. The molecule has 3 aromatic rings. The Hall–Kier alpha value is -3.14. The fraction of sp³-hybridized carbons (Fsp3) is 0.400. The van der Waals surface area contributed by atoms with Gasteiger partial charge in [-0.05, 0) is 59.7 Å². The lowest BCUT2D eigenvalue weighted by Crippen LogP contribution is -2.32. The fourth-order valence-electron chi connectivity index (χ4n) is 4.54. The number of aromatic nitrogens is 1. The third-order valence-electron chi connectivity index (χ3n) is 6.71. The molecular formula is C30H36N2O2. The van der Waals surface area contributed by atoms with Crippen LogP contribution in [0.15, 0.2) is 60.7 Å². The molecule has 4 heteroatoms. The Labute approximate surface area is 204 Å². The van der Waals surface area contributed by atoms with Crippen molar-refractivity contribution >= 4 is 5.91 Å². The van der Waals surface area contributed by atoms with Crippen molar-refractivity contribution in [3.8, 4) is 28.1 Å². The molecule has 1 saturated heterocycles. The minimum absolute atomic E-state index is 0.116. The second-order valence-electron chi connectivity index (χ2n) is 10.2. The van der Waals surface area contributed by atoms with Gasteiger partial charge in [0.15, 0.2) is 0 Å². The van der Waals surface area contributed by atoms with Crippen molar-refractivity contribution in [3.63, 3.8) is 0 Å². The van der Waals surface area contributed by atoms with Crippen LogP contribution in [-0.4, -0.2) is 36.0 Å². The van der Waals surface area contributed by atoms with E-state index >= 15 is 0 Å². The van der Waals surface area contributed by atoms with Crippen LogP contribution >= 0.6 is 0 Å². The number of pyridine rings is 1. The monoisotopic (exact) mass is 456 g/mol. The van der Waals surface area contributed by atoms with Gasteiger partial charge in [0.2, 0.25) is 5.91 Å². The molecule has 1 aliphatic rings. The van der Waals surface area contributed by atoms with Crippen LogP contribution in [0.1, 0.15) is 57.7 Å². The molecule has 34 heavy (non-hydrogen) atoms. The topological polar surface area (TPSA) is 42.4 Å². The minimum atomic E-state index is 0.116. The standard InChI is InChI=1S/C30H36N2O2/c1-30(2,3)24-13-9-22(10-14-24)26-17-18-27(23-11-15-25(34-4)16-12-23)31-28(26)19-21-32-20-7-5-6-8-29(32)33/h9-18H,5-8,19-21H2,1-4H3. The van der Waals surface area contributed by atoms with Gasteiger partial charge in [-0.2, -0.15) is 0 Å². The second-order valence-corrected chi connectivity index (χ2v) is 10.2. The van der Waals surface area contributed by atoms with Gasteiger partial charge in [-0.15, -0.1) is 0 Å². The van der Waals surface area contributed by atoms with E-state index in [1.54, 1.807) is 7.11 Å². The van der Waals surface area contributed by atoms with E-state index in [2.05, 4.69) is 57.2 Å². The van der Waals surface area contributed by atoms with Gasteiger partial charge in [0.25, 0.3) is 0 Å². The molecule has 2 aromatic carbocycles. The first-order valence-electron chi connectivity index (χ1n) is 12.4. The van der Waals surface area contributed by atoms with Crippen LogP contribution in [0.5, 0.6) is 5.75 Å². The molecule has 4 rings (SSSR count). The largest absolute Gasteiger partial charge is 0.497 e. The van der Waals surface area contributed by atoms with Gasteiger partial charge in [-0.3, -0.25) is 9.78 Å². The van der Waals surface area contributed by atoms with Gasteiger partial charge in [0.1, 0.15) is 5.75 Å². The van der Waals surface area contributed by atoms with Crippen LogP contribution in [-0.2, 0) is 16.6 Å². The van der Waals surface area contributed by atoms with Gasteiger partial charge in [-0.1, -0.05) is 57.5 Å². The summed E-state index contributed by atoms with van der Waals surface area (Å²) in [5, 5.41) is 0. The highest BCUT2D eigenvalue weighted by Gasteiger charge is 2.19. The van der Waals surface area contributed by atoms with Gasteiger partial charge in [0.05, 0.1) is 18.5 Å². The molecule has 0 unspecified atom stereocenters. The summed E-state index contributed by atoms with van der Waals surface area (Å²) >= 11 is 0. The molecule has 0 atom stereocenters. The molecule has 1 aromatic heterocycles. The number of amides is 1. The molecule has 0 N–H and O–H groups in total. The lowest BCUT2D eigenvalue weighted by molar-refractivity contribution is -0.130. The summed E-state index contributed by atoms with van der Waals surface area (Å²) in [6.45, 7) is 8.27. The Bertz CT molecular complexity index is 1110. The number of hydrogen-bond acceptors (Lipinski definition) is 3. The molecule has 0 radical (unpaired) electrons. The van der Waals surface area contributed by atoms with E-state index in [-0.39, 0.29) is 11.3 Å². The number of ether oxygens (including phenoxy) is 1. The Morgan fingerprint density at radius 1 is 0.882 bits per heavy atom. The molecule has 0 saturated carbocycles. The van der Waals surface area contributed by atoms with E-state index in [1.807, 2.05) is 29.2 Å². The van der Waals surface area contributed by atoms with Crippen molar-refractivity contribution in [1.29, 1.82) is 0 Å². The third-order valence-corrected chi connectivity index (χ3v) is 6.71. The zero-order valence-corrected chi connectivity index (χ0v) is 20.9. The summed E-state index contributed by atoms with van der Waals surface area (Å²) < 4.78 is 5.31. The van der Waals surface area contributed by atoms with E-state index in [0.717, 1.165) is 60.5 Å². The van der Waals surface area contributed by atoms with Gasteiger partial charge in [-0.25, -0.2) is 0 Å². The molecule has 0 bridgehead atoms. The van der Waals surface area contributed by atoms with E-state index in [9.17, 15) is 4.79 Å². The normalized spacial score (nSPS) is 14.7. The number of nitrogens with zero attached hydrogens (tertiary/aromatic N) is 2. The summed E-state index contributed by atoms with van der Waals surface area (Å²) in [6, 6.07) is 21.1. The van der Waals surface area contributed by atoms with Crippen molar-refractivity contribution in [1.82, 2.24) is 9.88 Å². The summed E-state index contributed by atoms with van der Waals surface area (Å²) in [6.07, 6.45) is 4.64. The van der Waals surface area contributed by atoms with E-state index < -0.39 is 0 Å². The van der Waals surface area contributed by atoms with E-state index in [4.69, 9.17) is 9.72 Å². The third kappa shape index (κ3) is 5.67. The molecule has 1 aliphatic heterocycles. The number of carbonyl (C=O) groups is 1. The summed E-state index contributed by atoms with van der Waals surface area (Å²) in [5.74, 6) is 1.11. The molecule has 1 fully saturated rings. The number of hydrogen-bond donors (Lipinski definition) is 0. The zero-order chi connectivity index (χ0) is 24.1. The zero-order valence-electron chi connectivity index (χ0n) is 20.9. The van der Waals surface area contributed by atoms with E-state index in [1.165, 1.54) is 11.1 Å². The number of benzene rings is 2. The summed E-state index contributed by atoms with van der Waals surface area (Å²) in [4.78, 5) is 19.7. The molecular weight excluding hydrogens is 420 g/mol. The quantitative estimate of drug-likeness (QED) is 0.416.